The fourth-order valence-electron chi connectivity index (χ4n) is 1.96. The van der Waals surface area contributed by atoms with Crippen LogP contribution in [0.2, 0.25) is 0 Å². The average Bonchev–Trinajstić information content (AvgIpc) is 2.45. The van der Waals surface area contributed by atoms with Crippen LogP contribution in [0.4, 0.5) is 0 Å². The van der Waals surface area contributed by atoms with Gasteiger partial charge in [-0.1, -0.05) is 19.9 Å². The minimum absolute atomic E-state index is 0.515. The number of ether oxygens (including phenoxy) is 3. The van der Waals surface area contributed by atoms with Gasteiger partial charge in [-0.05, 0) is 36.1 Å². The summed E-state index contributed by atoms with van der Waals surface area (Å²) in [5, 5.41) is 3.23. The third-order valence-electron chi connectivity index (χ3n) is 3.14. The predicted molar refractivity (Wildman–Crippen MR) is 86.3 cm³/mol. The summed E-state index contributed by atoms with van der Waals surface area (Å²) in [4.78, 5) is 0. The Morgan fingerprint density at radius 3 is 2.48 bits per heavy atom. The summed E-state index contributed by atoms with van der Waals surface area (Å²) in [5.41, 5.74) is 2.55. The molecule has 120 valence electrons. The molecule has 4 nitrogen and oxygen atoms in total. The van der Waals surface area contributed by atoms with Gasteiger partial charge in [0.05, 0.1) is 19.8 Å². The van der Waals surface area contributed by atoms with E-state index in [-0.39, 0.29) is 0 Å². The van der Waals surface area contributed by atoms with Crippen LogP contribution in [-0.4, -0.2) is 46.6 Å². The highest BCUT2D eigenvalue weighted by Crippen LogP contribution is 2.22. The zero-order valence-electron chi connectivity index (χ0n) is 13.8. The molecule has 1 N–H and O–H groups in total. The number of hydrogen-bond donors (Lipinski definition) is 1. The highest BCUT2D eigenvalue weighted by Gasteiger charge is 2.03. The Morgan fingerprint density at radius 1 is 1.00 bits per heavy atom. The lowest BCUT2D eigenvalue weighted by atomic mass is 10.0. The summed E-state index contributed by atoms with van der Waals surface area (Å²) in [5.74, 6) is 1.45. The largest absolute Gasteiger partial charge is 0.491 e. The van der Waals surface area contributed by atoms with E-state index in [1.807, 2.05) is 0 Å². The van der Waals surface area contributed by atoms with E-state index in [2.05, 4.69) is 44.3 Å². The van der Waals surface area contributed by atoms with Crippen LogP contribution in [0.25, 0.3) is 0 Å². The SMILES string of the molecule is COCCNCCOCCOc1cc(C)cc(C(C)C)c1. The molecule has 0 atom stereocenters. The highest BCUT2D eigenvalue weighted by molar-refractivity contribution is 5.35. The van der Waals surface area contributed by atoms with Crippen molar-refractivity contribution in [3.05, 3.63) is 29.3 Å². The van der Waals surface area contributed by atoms with Crippen LogP contribution >= 0.6 is 0 Å². The Kier molecular flexibility index (Phi) is 9.06. The molecular weight excluding hydrogens is 266 g/mol. The second-order valence-electron chi connectivity index (χ2n) is 5.44. The highest BCUT2D eigenvalue weighted by atomic mass is 16.5. The lowest BCUT2D eigenvalue weighted by Crippen LogP contribution is -2.24. The van der Waals surface area contributed by atoms with Crippen molar-refractivity contribution in [2.24, 2.45) is 0 Å². The predicted octanol–water partition coefficient (Wildman–Crippen LogP) is 2.75. The first kappa shape index (κ1) is 18.0. The van der Waals surface area contributed by atoms with Crippen molar-refractivity contribution in [1.82, 2.24) is 5.32 Å². The molecule has 0 aliphatic carbocycles. The number of methoxy groups -OCH3 is 1. The van der Waals surface area contributed by atoms with Gasteiger partial charge in [0, 0.05) is 20.2 Å². The van der Waals surface area contributed by atoms with E-state index in [1.165, 1.54) is 11.1 Å². The quantitative estimate of drug-likeness (QED) is 0.637. The number of nitrogens with one attached hydrogen (secondary N) is 1. The van der Waals surface area contributed by atoms with E-state index >= 15 is 0 Å². The molecule has 0 radical (unpaired) electrons. The fraction of sp³-hybridized carbons (Fsp3) is 0.647. The molecule has 0 unspecified atom stereocenters. The standard InChI is InChI=1S/C17H29NO3/c1-14(2)16-11-15(3)12-17(13-16)21-10-9-20-8-6-18-5-7-19-4/h11-14,18H,5-10H2,1-4H3. The molecule has 0 saturated carbocycles. The van der Waals surface area contributed by atoms with Gasteiger partial charge in [-0.25, -0.2) is 0 Å². The molecule has 0 spiro atoms. The molecule has 1 aromatic carbocycles. The average molecular weight is 295 g/mol. The maximum atomic E-state index is 5.76. The third kappa shape index (κ3) is 8.05. The van der Waals surface area contributed by atoms with Gasteiger partial charge in [0.25, 0.3) is 0 Å². The number of hydrogen-bond acceptors (Lipinski definition) is 4. The first-order valence-corrected chi connectivity index (χ1v) is 7.65. The van der Waals surface area contributed by atoms with Crippen molar-refractivity contribution in [1.29, 1.82) is 0 Å². The van der Waals surface area contributed by atoms with Gasteiger partial charge in [0.2, 0.25) is 0 Å². The van der Waals surface area contributed by atoms with Crippen molar-refractivity contribution in [2.75, 3.05) is 46.6 Å². The lowest BCUT2D eigenvalue weighted by Gasteiger charge is -2.12. The van der Waals surface area contributed by atoms with Gasteiger partial charge in [-0.3, -0.25) is 0 Å². The maximum absolute atomic E-state index is 5.76. The van der Waals surface area contributed by atoms with Crippen molar-refractivity contribution in [2.45, 2.75) is 26.7 Å². The smallest absolute Gasteiger partial charge is 0.119 e. The number of aryl methyl sites for hydroxylation is 1. The molecule has 1 aromatic rings. The van der Waals surface area contributed by atoms with Crippen LogP contribution < -0.4 is 10.1 Å². The van der Waals surface area contributed by atoms with Crippen LogP contribution in [0.1, 0.15) is 30.9 Å². The van der Waals surface area contributed by atoms with Crippen LogP contribution in [0.5, 0.6) is 5.75 Å². The molecule has 21 heavy (non-hydrogen) atoms. The Labute approximate surface area is 128 Å². The lowest BCUT2D eigenvalue weighted by molar-refractivity contribution is 0.100. The Morgan fingerprint density at radius 2 is 1.76 bits per heavy atom. The monoisotopic (exact) mass is 295 g/mol. The first-order chi connectivity index (χ1) is 10.1. The molecule has 0 amide bonds. The van der Waals surface area contributed by atoms with Crippen molar-refractivity contribution >= 4 is 0 Å². The summed E-state index contributed by atoms with van der Waals surface area (Å²) < 4.78 is 16.2. The number of benzene rings is 1. The normalized spacial score (nSPS) is 11.1. The van der Waals surface area contributed by atoms with Crippen molar-refractivity contribution in [3.8, 4) is 5.75 Å². The first-order valence-electron chi connectivity index (χ1n) is 7.65. The molecule has 0 fully saturated rings. The third-order valence-corrected chi connectivity index (χ3v) is 3.14. The van der Waals surface area contributed by atoms with Crippen molar-refractivity contribution in [3.63, 3.8) is 0 Å². The van der Waals surface area contributed by atoms with E-state index < -0.39 is 0 Å². The van der Waals surface area contributed by atoms with Crippen molar-refractivity contribution < 1.29 is 14.2 Å². The maximum Gasteiger partial charge on any atom is 0.119 e. The van der Waals surface area contributed by atoms with E-state index in [9.17, 15) is 0 Å². The fourth-order valence-corrected chi connectivity index (χ4v) is 1.96. The molecule has 0 saturated heterocycles. The van der Waals surface area contributed by atoms with Gasteiger partial charge in [0.15, 0.2) is 0 Å². The van der Waals surface area contributed by atoms with E-state index in [4.69, 9.17) is 14.2 Å². The van der Waals surface area contributed by atoms with Gasteiger partial charge in [-0.15, -0.1) is 0 Å². The Balaban J connectivity index is 2.15. The molecule has 0 aromatic heterocycles. The van der Waals surface area contributed by atoms with Gasteiger partial charge in [-0.2, -0.15) is 0 Å². The van der Waals surface area contributed by atoms with Crippen LogP contribution in [0, 0.1) is 6.92 Å². The van der Waals surface area contributed by atoms with Gasteiger partial charge in [0.1, 0.15) is 12.4 Å². The molecule has 1 rings (SSSR count). The molecule has 0 aliphatic heterocycles. The van der Waals surface area contributed by atoms with E-state index in [0.29, 0.717) is 25.7 Å². The van der Waals surface area contributed by atoms with Crippen LogP contribution in [0.3, 0.4) is 0 Å². The zero-order chi connectivity index (χ0) is 15.5. The van der Waals surface area contributed by atoms with Gasteiger partial charge >= 0.3 is 0 Å². The van der Waals surface area contributed by atoms with Crippen LogP contribution in [-0.2, 0) is 9.47 Å². The second-order valence-corrected chi connectivity index (χ2v) is 5.44. The molecule has 0 heterocycles. The van der Waals surface area contributed by atoms with Crippen LogP contribution in [0.15, 0.2) is 18.2 Å². The summed E-state index contributed by atoms with van der Waals surface area (Å²) in [6.45, 7) is 10.8. The topological polar surface area (TPSA) is 39.7 Å². The summed E-state index contributed by atoms with van der Waals surface area (Å²) in [7, 11) is 1.70. The number of rotatable bonds is 11. The Hall–Kier alpha value is -1.10. The molecule has 4 heteroatoms. The minimum atomic E-state index is 0.515. The zero-order valence-corrected chi connectivity index (χ0v) is 13.8. The van der Waals surface area contributed by atoms with Gasteiger partial charge < -0.3 is 19.5 Å². The van der Waals surface area contributed by atoms with E-state index in [1.54, 1.807) is 7.11 Å². The molecule has 0 aliphatic rings. The summed E-state index contributed by atoms with van der Waals surface area (Å²) >= 11 is 0. The second kappa shape index (κ2) is 10.6. The summed E-state index contributed by atoms with van der Waals surface area (Å²) in [6, 6.07) is 6.39. The molecular formula is C17H29NO3. The van der Waals surface area contributed by atoms with E-state index in [0.717, 1.165) is 25.4 Å². The Bertz CT molecular complexity index is 394. The summed E-state index contributed by atoms with van der Waals surface area (Å²) in [6.07, 6.45) is 0. The molecule has 0 bridgehead atoms. The minimum Gasteiger partial charge on any atom is -0.491 e.